The molecular weight excluding hydrogens is 214 g/mol. The first-order valence-corrected chi connectivity index (χ1v) is 6.19. The number of anilines is 1. The van der Waals surface area contributed by atoms with Gasteiger partial charge < -0.3 is 15.0 Å². The van der Waals surface area contributed by atoms with Crippen LogP contribution in [0.3, 0.4) is 0 Å². The maximum Gasteiger partial charge on any atom is 0.132 e. The molecule has 1 aliphatic carbocycles. The molecule has 0 amide bonds. The Hall–Kier alpha value is -1.13. The van der Waals surface area contributed by atoms with Crippen molar-refractivity contribution in [2.24, 2.45) is 0 Å². The molecular formula is C13H21N3O. The molecule has 4 heteroatoms. The van der Waals surface area contributed by atoms with E-state index in [0.29, 0.717) is 6.04 Å². The third kappa shape index (κ3) is 3.41. The molecule has 17 heavy (non-hydrogen) atoms. The van der Waals surface area contributed by atoms with Gasteiger partial charge in [-0.1, -0.05) is 6.07 Å². The summed E-state index contributed by atoms with van der Waals surface area (Å²) >= 11 is 0. The first kappa shape index (κ1) is 12.3. The van der Waals surface area contributed by atoms with Crippen LogP contribution < -0.4 is 10.2 Å². The summed E-state index contributed by atoms with van der Waals surface area (Å²) in [5.74, 6) is 1.11. The first-order valence-electron chi connectivity index (χ1n) is 6.19. The van der Waals surface area contributed by atoms with Gasteiger partial charge in [0.15, 0.2) is 0 Å². The predicted octanol–water partition coefficient (Wildman–Crippen LogP) is 1.42. The van der Waals surface area contributed by atoms with Gasteiger partial charge in [0, 0.05) is 45.0 Å². The Morgan fingerprint density at radius 1 is 1.53 bits per heavy atom. The van der Waals surface area contributed by atoms with Crippen molar-refractivity contribution in [3.05, 3.63) is 23.9 Å². The lowest BCUT2D eigenvalue weighted by Gasteiger charge is -2.20. The number of methoxy groups -OCH3 is 1. The highest BCUT2D eigenvalue weighted by atomic mass is 16.5. The molecule has 0 aromatic carbocycles. The van der Waals surface area contributed by atoms with Crippen molar-refractivity contribution >= 4 is 5.82 Å². The van der Waals surface area contributed by atoms with Crippen LogP contribution in [0, 0.1) is 0 Å². The van der Waals surface area contributed by atoms with Crippen LogP contribution in [-0.2, 0) is 11.3 Å². The average molecular weight is 235 g/mol. The fraction of sp³-hybridized carbons (Fsp3) is 0.615. The molecule has 1 saturated carbocycles. The zero-order valence-electron chi connectivity index (χ0n) is 10.6. The van der Waals surface area contributed by atoms with Crippen molar-refractivity contribution in [2.75, 3.05) is 32.2 Å². The maximum absolute atomic E-state index is 5.02. The van der Waals surface area contributed by atoms with Crippen LogP contribution in [0.2, 0.25) is 0 Å². The Labute approximate surface area is 103 Å². The summed E-state index contributed by atoms with van der Waals surface area (Å²) < 4.78 is 5.02. The number of ether oxygens (including phenoxy) is 1. The Balaban J connectivity index is 1.95. The van der Waals surface area contributed by atoms with Gasteiger partial charge in [0.25, 0.3) is 0 Å². The van der Waals surface area contributed by atoms with Gasteiger partial charge in [0.1, 0.15) is 5.82 Å². The van der Waals surface area contributed by atoms with Gasteiger partial charge in [-0.2, -0.15) is 0 Å². The molecule has 1 heterocycles. The Morgan fingerprint density at radius 2 is 2.35 bits per heavy atom. The normalized spacial score (nSPS) is 14.9. The lowest BCUT2D eigenvalue weighted by atomic mass is 10.2. The Kier molecular flexibility index (Phi) is 4.34. The van der Waals surface area contributed by atoms with Crippen LogP contribution in [0.25, 0.3) is 0 Å². The van der Waals surface area contributed by atoms with Crippen LogP contribution in [0.1, 0.15) is 18.4 Å². The van der Waals surface area contributed by atoms with E-state index in [0.717, 1.165) is 25.5 Å². The fourth-order valence-electron chi connectivity index (χ4n) is 1.92. The SMILES string of the molecule is COCCNCc1cccnc1N(C)C1CC1. The molecule has 0 unspecified atom stereocenters. The second kappa shape index (κ2) is 5.98. The van der Waals surface area contributed by atoms with E-state index < -0.39 is 0 Å². The molecule has 94 valence electrons. The van der Waals surface area contributed by atoms with Crippen molar-refractivity contribution in [2.45, 2.75) is 25.4 Å². The highest BCUT2D eigenvalue weighted by molar-refractivity contribution is 5.47. The maximum atomic E-state index is 5.02. The van der Waals surface area contributed by atoms with Crippen LogP contribution in [0.4, 0.5) is 5.82 Å². The molecule has 0 bridgehead atoms. The molecule has 0 spiro atoms. The van der Waals surface area contributed by atoms with Crippen LogP contribution in [0.5, 0.6) is 0 Å². The highest BCUT2D eigenvalue weighted by Gasteiger charge is 2.28. The number of nitrogens with zero attached hydrogens (tertiary/aromatic N) is 2. The molecule has 1 aliphatic rings. The van der Waals surface area contributed by atoms with Crippen molar-refractivity contribution in [1.82, 2.24) is 10.3 Å². The largest absolute Gasteiger partial charge is 0.383 e. The van der Waals surface area contributed by atoms with Crippen molar-refractivity contribution in [1.29, 1.82) is 0 Å². The van der Waals surface area contributed by atoms with E-state index >= 15 is 0 Å². The minimum Gasteiger partial charge on any atom is -0.383 e. The molecule has 2 rings (SSSR count). The van der Waals surface area contributed by atoms with E-state index in [2.05, 4.69) is 28.3 Å². The van der Waals surface area contributed by atoms with Gasteiger partial charge in [-0.25, -0.2) is 4.98 Å². The summed E-state index contributed by atoms with van der Waals surface area (Å²) in [4.78, 5) is 6.79. The van der Waals surface area contributed by atoms with Crippen LogP contribution >= 0.6 is 0 Å². The van der Waals surface area contributed by atoms with E-state index in [1.165, 1.54) is 18.4 Å². The van der Waals surface area contributed by atoms with Gasteiger partial charge in [-0.3, -0.25) is 0 Å². The molecule has 0 aliphatic heterocycles. The summed E-state index contributed by atoms with van der Waals surface area (Å²) in [5.41, 5.74) is 1.26. The summed E-state index contributed by atoms with van der Waals surface area (Å²) in [6, 6.07) is 4.83. The number of hydrogen-bond donors (Lipinski definition) is 1. The minimum absolute atomic E-state index is 0.697. The van der Waals surface area contributed by atoms with Crippen LogP contribution in [-0.4, -0.2) is 38.3 Å². The van der Waals surface area contributed by atoms with Gasteiger partial charge in [0.2, 0.25) is 0 Å². The fourth-order valence-corrected chi connectivity index (χ4v) is 1.92. The smallest absolute Gasteiger partial charge is 0.132 e. The van der Waals surface area contributed by atoms with Gasteiger partial charge >= 0.3 is 0 Å². The summed E-state index contributed by atoms with van der Waals surface area (Å²) in [5, 5.41) is 3.37. The summed E-state index contributed by atoms with van der Waals surface area (Å²) in [7, 11) is 3.86. The minimum atomic E-state index is 0.697. The monoisotopic (exact) mass is 235 g/mol. The third-order valence-electron chi connectivity index (χ3n) is 3.09. The quantitative estimate of drug-likeness (QED) is 0.725. The highest BCUT2D eigenvalue weighted by Crippen LogP contribution is 2.30. The van der Waals surface area contributed by atoms with E-state index in [9.17, 15) is 0 Å². The first-order chi connectivity index (χ1) is 8.33. The summed E-state index contributed by atoms with van der Waals surface area (Å²) in [6.45, 7) is 2.47. The third-order valence-corrected chi connectivity index (χ3v) is 3.09. The molecule has 1 N–H and O–H groups in total. The Morgan fingerprint density at radius 3 is 3.06 bits per heavy atom. The number of rotatable bonds is 7. The number of pyridine rings is 1. The van der Waals surface area contributed by atoms with Crippen molar-refractivity contribution < 1.29 is 4.74 Å². The molecule has 0 saturated heterocycles. The van der Waals surface area contributed by atoms with E-state index in [-0.39, 0.29) is 0 Å². The molecule has 4 nitrogen and oxygen atoms in total. The van der Waals surface area contributed by atoms with Gasteiger partial charge in [-0.05, 0) is 18.9 Å². The van der Waals surface area contributed by atoms with Gasteiger partial charge in [-0.15, -0.1) is 0 Å². The number of aromatic nitrogens is 1. The average Bonchev–Trinajstić information content (AvgIpc) is 3.18. The second-order valence-corrected chi connectivity index (χ2v) is 4.50. The van der Waals surface area contributed by atoms with Crippen molar-refractivity contribution in [3.63, 3.8) is 0 Å². The Bertz CT molecular complexity index is 352. The topological polar surface area (TPSA) is 37.4 Å². The van der Waals surface area contributed by atoms with Gasteiger partial charge in [0.05, 0.1) is 6.61 Å². The zero-order valence-corrected chi connectivity index (χ0v) is 10.6. The lowest BCUT2D eigenvalue weighted by molar-refractivity contribution is 0.199. The molecule has 1 fully saturated rings. The number of nitrogens with one attached hydrogen (secondary N) is 1. The molecule has 0 atom stereocenters. The lowest BCUT2D eigenvalue weighted by Crippen LogP contribution is -2.25. The van der Waals surface area contributed by atoms with E-state index in [1.54, 1.807) is 7.11 Å². The molecule has 1 aromatic rings. The van der Waals surface area contributed by atoms with E-state index in [4.69, 9.17) is 4.74 Å². The number of hydrogen-bond acceptors (Lipinski definition) is 4. The van der Waals surface area contributed by atoms with Crippen molar-refractivity contribution in [3.8, 4) is 0 Å². The predicted molar refractivity (Wildman–Crippen MR) is 69.2 cm³/mol. The standard InChI is InChI=1S/C13H21N3O/c1-16(12-5-6-12)13-11(4-3-7-15-13)10-14-8-9-17-2/h3-4,7,12,14H,5-6,8-10H2,1-2H3. The molecule has 1 aromatic heterocycles. The molecule has 0 radical (unpaired) electrons. The summed E-state index contributed by atoms with van der Waals surface area (Å²) in [6.07, 6.45) is 4.46. The second-order valence-electron chi connectivity index (χ2n) is 4.50. The zero-order chi connectivity index (χ0) is 12.1. The van der Waals surface area contributed by atoms with Crippen LogP contribution in [0.15, 0.2) is 18.3 Å². The van der Waals surface area contributed by atoms with E-state index in [1.807, 2.05) is 12.3 Å².